The number of aromatic nitrogens is 2. The van der Waals surface area contributed by atoms with Crippen LogP contribution in [0.15, 0.2) is 35.4 Å². The zero-order valence-corrected chi connectivity index (χ0v) is 17.8. The molecule has 2 N–H and O–H groups in total. The van der Waals surface area contributed by atoms with E-state index in [0.29, 0.717) is 35.2 Å². The van der Waals surface area contributed by atoms with Crippen LogP contribution >= 0.6 is 0 Å². The maximum Gasteiger partial charge on any atom is 0.301 e. The molecule has 31 heavy (non-hydrogen) atoms. The smallest absolute Gasteiger partial charge is 0.301 e. The fourth-order valence-electron chi connectivity index (χ4n) is 3.62. The van der Waals surface area contributed by atoms with Gasteiger partial charge < -0.3 is 9.88 Å². The van der Waals surface area contributed by atoms with Crippen LogP contribution in [0.1, 0.15) is 18.4 Å². The van der Waals surface area contributed by atoms with Gasteiger partial charge in [0.05, 0.1) is 28.6 Å². The van der Waals surface area contributed by atoms with Crippen LogP contribution in [-0.4, -0.2) is 35.4 Å². The summed E-state index contributed by atoms with van der Waals surface area (Å²) < 4.78 is 58.9. The molecule has 0 spiro atoms. The van der Waals surface area contributed by atoms with E-state index in [-0.39, 0.29) is 11.2 Å². The summed E-state index contributed by atoms with van der Waals surface area (Å²) in [6.07, 6.45) is 2.84. The third-order valence-corrected chi connectivity index (χ3v) is 6.82. The Balaban J connectivity index is 1.72. The van der Waals surface area contributed by atoms with Crippen molar-refractivity contribution in [3.05, 3.63) is 58.1 Å². The van der Waals surface area contributed by atoms with Gasteiger partial charge in [0.2, 0.25) is 0 Å². The molecule has 1 aromatic heterocycles. The van der Waals surface area contributed by atoms with Crippen LogP contribution in [-0.2, 0) is 17.3 Å². The lowest BCUT2D eigenvalue weighted by atomic mass is 10.1. The van der Waals surface area contributed by atoms with Crippen LogP contribution in [0, 0.1) is 18.6 Å². The normalized spacial score (nSPS) is 14.8. The summed E-state index contributed by atoms with van der Waals surface area (Å²) in [6.45, 7) is 2.33. The Morgan fingerprint density at radius 3 is 2.45 bits per heavy atom. The summed E-state index contributed by atoms with van der Waals surface area (Å²) in [7, 11) is -2.42. The highest BCUT2D eigenvalue weighted by molar-refractivity contribution is 7.90. The lowest BCUT2D eigenvalue weighted by molar-refractivity contribution is 0.482. The largest absolute Gasteiger partial charge is 0.353 e. The number of hydrogen-bond acceptors (Lipinski definition) is 5. The van der Waals surface area contributed by atoms with Gasteiger partial charge in [-0.3, -0.25) is 9.52 Å². The molecule has 164 valence electrons. The average Bonchev–Trinajstić information content (AvgIpc) is 3.26. The van der Waals surface area contributed by atoms with E-state index in [2.05, 4.69) is 15.0 Å². The number of nitrogens with zero attached hydrogens (tertiary/aromatic N) is 3. The summed E-state index contributed by atoms with van der Waals surface area (Å²) in [6, 6.07) is 4.91. The highest BCUT2D eigenvalue weighted by Gasteiger charge is 2.27. The van der Waals surface area contributed by atoms with Crippen LogP contribution in [0.5, 0.6) is 0 Å². The van der Waals surface area contributed by atoms with E-state index in [1.54, 1.807) is 26.1 Å². The predicted octanol–water partition coefficient (Wildman–Crippen LogP) is 3.02. The van der Waals surface area contributed by atoms with E-state index in [1.165, 1.54) is 15.2 Å². The monoisotopic (exact) mass is 449 g/mol. The second kappa shape index (κ2) is 7.89. The van der Waals surface area contributed by atoms with Crippen molar-refractivity contribution >= 4 is 38.2 Å². The van der Waals surface area contributed by atoms with Crippen molar-refractivity contribution in [2.75, 3.05) is 23.1 Å². The minimum Gasteiger partial charge on any atom is -0.353 e. The van der Waals surface area contributed by atoms with Gasteiger partial charge >= 0.3 is 10.2 Å². The number of fused-ring (bicyclic) bond motifs is 1. The molecular formula is C20H21F2N5O3S. The molecule has 1 aliphatic rings. The topological polar surface area (TPSA) is 96.3 Å². The molecular weight excluding hydrogens is 428 g/mol. The zero-order chi connectivity index (χ0) is 22.3. The maximum absolute atomic E-state index is 15.1. The van der Waals surface area contributed by atoms with Gasteiger partial charge in [0.25, 0.3) is 5.56 Å². The van der Waals surface area contributed by atoms with E-state index >= 15 is 4.39 Å². The lowest BCUT2D eigenvalue weighted by Gasteiger charge is -2.19. The van der Waals surface area contributed by atoms with Crippen LogP contribution in [0.2, 0.25) is 0 Å². The first kappa shape index (κ1) is 21.2. The molecule has 1 saturated heterocycles. The number of aryl methyl sites for hydroxylation is 2. The maximum atomic E-state index is 15.1. The van der Waals surface area contributed by atoms with Crippen LogP contribution in [0.25, 0.3) is 10.9 Å². The minimum atomic E-state index is -3.99. The van der Waals surface area contributed by atoms with E-state index in [1.807, 2.05) is 0 Å². The minimum absolute atomic E-state index is 0.262. The van der Waals surface area contributed by atoms with Crippen molar-refractivity contribution in [3.8, 4) is 0 Å². The predicted molar refractivity (Wildman–Crippen MR) is 115 cm³/mol. The summed E-state index contributed by atoms with van der Waals surface area (Å²) in [4.78, 5) is 16.7. The van der Waals surface area contributed by atoms with E-state index in [4.69, 9.17) is 0 Å². The summed E-state index contributed by atoms with van der Waals surface area (Å²) in [5.74, 6) is -1.78. The van der Waals surface area contributed by atoms with Crippen molar-refractivity contribution in [1.82, 2.24) is 13.9 Å². The molecule has 8 nitrogen and oxygen atoms in total. The first-order chi connectivity index (χ1) is 14.7. The van der Waals surface area contributed by atoms with Crippen molar-refractivity contribution < 1.29 is 17.2 Å². The molecule has 0 bridgehead atoms. The number of hydrogen-bond donors (Lipinski definition) is 2. The molecule has 0 amide bonds. The number of anilines is 3. The molecule has 2 heterocycles. The van der Waals surface area contributed by atoms with Gasteiger partial charge in [0.15, 0.2) is 5.82 Å². The SMILES string of the molecule is Cc1c(Nc2cc(F)cc(NS(=O)(=O)N3CCCC3)c2F)ccc2ncn(C)c(=O)c12. The van der Waals surface area contributed by atoms with Gasteiger partial charge in [0.1, 0.15) is 5.82 Å². The molecule has 2 aromatic carbocycles. The van der Waals surface area contributed by atoms with Gasteiger partial charge in [-0.2, -0.15) is 12.7 Å². The first-order valence-corrected chi connectivity index (χ1v) is 11.1. The van der Waals surface area contributed by atoms with Gasteiger partial charge in [0, 0.05) is 38.0 Å². The first-order valence-electron chi connectivity index (χ1n) is 9.66. The van der Waals surface area contributed by atoms with Gasteiger partial charge in [-0.1, -0.05) is 0 Å². The highest BCUT2D eigenvalue weighted by Crippen LogP contribution is 2.31. The fourth-order valence-corrected chi connectivity index (χ4v) is 4.91. The number of benzene rings is 2. The number of rotatable bonds is 5. The Kier molecular flexibility index (Phi) is 5.40. The molecule has 0 aliphatic carbocycles. The molecule has 11 heteroatoms. The van der Waals surface area contributed by atoms with Gasteiger partial charge in [-0.25, -0.2) is 13.8 Å². The van der Waals surface area contributed by atoms with E-state index in [0.717, 1.165) is 25.0 Å². The Labute approximate surface area is 177 Å². The summed E-state index contributed by atoms with van der Waals surface area (Å²) in [5.41, 5.74) is 0.326. The summed E-state index contributed by atoms with van der Waals surface area (Å²) >= 11 is 0. The fraction of sp³-hybridized carbons (Fsp3) is 0.300. The third-order valence-electron chi connectivity index (χ3n) is 5.30. The highest BCUT2D eigenvalue weighted by atomic mass is 32.2. The van der Waals surface area contributed by atoms with E-state index < -0.39 is 27.5 Å². The van der Waals surface area contributed by atoms with Gasteiger partial charge in [-0.05, 0) is 37.5 Å². The van der Waals surface area contributed by atoms with Crippen molar-refractivity contribution in [2.24, 2.45) is 7.05 Å². The third kappa shape index (κ3) is 3.98. The van der Waals surface area contributed by atoms with Crippen molar-refractivity contribution in [1.29, 1.82) is 0 Å². The van der Waals surface area contributed by atoms with Crippen molar-refractivity contribution in [3.63, 3.8) is 0 Å². The van der Waals surface area contributed by atoms with Crippen LogP contribution in [0.3, 0.4) is 0 Å². The Morgan fingerprint density at radius 2 is 1.74 bits per heavy atom. The number of nitrogens with one attached hydrogen (secondary N) is 2. The van der Waals surface area contributed by atoms with E-state index in [9.17, 15) is 17.6 Å². The molecule has 4 rings (SSSR count). The summed E-state index contributed by atoms with van der Waals surface area (Å²) in [5, 5.41) is 3.13. The Morgan fingerprint density at radius 1 is 1.06 bits per heavy atom. The average molecular weight is 449 g/mol. The second-order valence-electron chi connectivity index (χ2n) is 7.45. The Bertz CT molecular complexity index is 1330. The van der Waals surface area contributed by atoms with Crippen LogP contribution < -0.4 is 15.6 Å². The second-order valence-corrected chi connectivity index (χ2v) is 9.12. The standard InChI is InChI=1S/C20H21F2N5O3S/c1-12-14(5-6-15-18(12)20(28)26(2)11-23-15)24-16-9-13(21)10-17(19(16)22)25-31(29,30)27-7-3-4-8-27/h5-6,9-11,24-25H,3-4,7-8H2,1-2H3. The lowest BCUT2D eigenvalue weighted by Crippen LogP contribution is -2.33. The zero-order valence-electron chi connectivity index (χ0n) is 16.9. The molecule has 0 atom stereocenters. The molecule has 3 aromatic rings. The molecule has 1 aliphatic heterocycles. The quantitative estimate of drug-likeness (QED) is 0.624. The van der Waals surface area contributed by atoms with Crippen molar-refractivity contribution in [2.45, 2.75) is 19.8 Å². The number of halogens is 2. The van der Waals surface area contributed by atoms with Crippen LogP contribution in [0.4, 0.5) is 25.8 Å². The molecule has 0 saturated carbocycles. The molecule has 0 unspecified atom stereocenters. The molecule has 0 radical (unpaired) electrons. The molecule has 1 fully saturated rings. The Hall–Kier alpha value is -3.05. The van der Waals surface area contributed by atoms with Gasteiger partial charge in [-0.15, -0.1) is 0 Å².